The van der Waals surface area contributed by atoms with Gasteiger partial charge in [0.15, 0.2) is 0 Å². The van der Waals surface area contributed by atoms with E-state index in [1.807, 2.05) is 0 Å². The normalized spacial score (nSPS) is 44.1. The van der Waals surface area contributed by atoms with E-state index in [1.54, 1.807) is 0 Å². The zero-order valence-electron chi connectivity index (χ0n) is 11.0. The lowest BCUT2D eigenvalue weighted by molar-refractivity contribution is -0.0146. The van der Waals surface area contributed by atoms with Crippen LogP contribution in [0.1, 0.15) is 52.9 Å². The maximum Gasteiger partial charge on any atom is 0.0604 e. The second kappa shape index (κ2) is 5.50. The predicted octanol–water partition coefficient (Wildman–Crippen LogP) is 2.97. The van der Waals surface area contributed by atoms with Crippen LogP contribution in [0.25, 0.3) is 0 Å². The van der Waals surface area contributed by atoms with Crippen molar-refractivity contribution in [2.75, 3.05) is 6.61 Å². The first kappa shape index (κ1) is 12.4. The van der Waals surface area contributed by atoms with E-state index in [9.17, 15) is 0 Å². The molecule has 0 aromatic heterocycles. The molecule has 0 saturated heterocycles. The van der Waals surface area contributed by atoms with Gasteiger partial charge in [-0.3, -0.25) is 0 Å². The van der Waals surface area contributed by atoms with Gasteiger partial charge in [-0.1, -0.05) is 13.8 Å². The van der Waals surface area contributed by atoms with Crippen LogP contribution in [0.2, 0.25) is 0 Å². The molecular weight excluding hydrogens is 198 g/mol. The van der Waals surface area contributed by atoms with E-state index in [2.05, 4.69) is 26.1 Å². The van der Waals surface area contributed by atoms with Crippen LogP contribution in [0.3, 0.4) is 0 Å². The van der Waals surface area contributed by atoms with Crippen molar-refractivity contribution < 1.29 is 4.74 Å². The molecule has 2 atom stereocenters. The number of ether oxygens (including phenoxy) is 1. The third-order valence-electron chi connectivity index (χ3n) is 4.15. The molecule has 2 rings (SSSR count). The Kier molecular flexibility index (Phi) is 4.26. The molecule has 0 radical (unpaired) electrons. The molecule has 16 heavy (non-hydrogen) atoms. The average molecular weight is 225 g/mol. The van der Waals surface area contributed by atoms with Gasteiger partial charge in [-0.05, 0) is 50.9 Å². The van der Waals surface area contributed by atoms with Crippen molar-refractivity contribution in [3.8, 4) is 0 Å². The Labute approximate surface area is 100 Å². The van der Waals surface area contributed by atoms with Gasteiger partial charge in [0.1, 0.15) is 0 Å². The molecule has 0 bridgehead atoms. The summed E-state index contributed by atoms with van der Waals surface area (Å²) >= 11 is 0. The van der Waals surface area contributed by atoms with Gasteiger partial charge in [-0.25, -0.2) is 0 Å². The number of rotatable bonds is 4. The molecule has 0 heterocycles. The molecule has 0 amide bonds. The van der Waals surface area contributed by atoms with E-state index in [-0.39, 0.29) is 0 Å². The zero-order chi connectivity index (χ0) is 11.5. The molecule has 0 aliphatic heterocycles. The van der Waals surface area contributed by atoms with Gasteiger partial charge >= 0.3 is 0 Å². The fourth-order valence-electron chi connectivity index (χ4n) is 3.49. The van der Waals surface area contributed by atoms with Crippen molar-refractivity contribution in [2.24, 2.45) is 11.8 Å². The zero-order valence-corrected chi connectivity index (χ0v) is 11.0. The van der Waals surface area contributed by atoms with Crippen molar-refractivity contribution in [1.29, 1.82) is 0 Å². The summed E-state index contributed by atoms with van der Waals surface area (Å²) in [6, 6.07) is 1.50. The Morgan fingerprint density at radius 2 is 1.50 bits per heavy atom. The van der Waals surface area contributed by atoms with E-state index < -0.39 is 0 Å². The monoisotopic (exact) mass is 225 g/mol. The van der Waals surface area contributed by atoms with Crippen LogP contribution in [0.4, 0.5) is 0 Å². The summed E-state index contributed by atoms with van der Waals surface area (Å²) in [5.41, 5.74) is 0. The highest BCUT2D eigenvalue weighted by atomic mass is 16.5. The molecule has 2 heteroatoms. The standard InChI is InChI=1S/C14H27NO/c1-4-16-14-8-13(9-14)15-12-6-10(2)5-11(3)7-12/h10-15H,4-9H2,1-3H3. The summed E-state index contributed by atoms with van der Waals surface area (Å²) in [6.07, 6.45) is 7.17. The predicted molar refractivity (Wildman–Crippen MR) is 67.5 cm³/mol. The Bertz CT molecular complexity index is 203. The van der Waals surface area contributed by atoms with Gasteiger partial charge in [-0.15, -0.1) is 0 Å². The highest BCUT2D eigenvalue weighted by Crippen LogP contribution is 2.31. The quantitative estimate of drug-likeness (QED) is 0.794. The lowest BCUT2D eigenvalue weighted by Crippen LogP contribution is -2.51. The van der Waals surface area contributed by atoms with Crippen LogP contribution in [-0.4, -0.2) is 24.8 Å². The maximum absolute atomic E-state index is 5.60. The molecule has 94 valence electrons. The molecule has 2 saturated carbocycles. The van der Waals surface area contributed by atoms with Crippen LogP contribution in [-0.2, 0) is 4.74 Å². The van der Waals surface area contributed by atoms with Crippen molar-refractivity contribution in [3.63, 3.8) is 0 Å². The second-order valence-corrected chi connectivity index (χ2v) is 6.03. The van der Waals surface area contributed by atoms with Gasteiger partial charge < -0.3 is 10.1 Å². The molecule has 0 aromatic rings. The largest absolute Gasteiger partial charge is 0.378 e. The van der Waals surface area contributed by atoms with Crippen LogP contribution in [0.5, 0.6) is 0 Å². The molecule has 2 unspecified atom stereocenters. The molecule has 1 N–H and O–H groups in total. The van der Waals surface area contributed by atoms with Crippen LogP contribution in [0, 0.1) is 11.8 Å². The Morgan fingerprint density at radius 3 is 2.06 bits per heavy atom. The first-order valence-electron chi connectivity index (χ1n) is 7.05. The van der Waals surface area contributed by atoms with Crippen molar-refractivity contribution in [2.45, 2.75) is 71.1 Å². The minimum atomic E-state index is 0.543. The summed E-state index contributed by atoms with van der Waals surface area (Å²) < 4.78 is 5.60. The SMILES string of the molecule is CCOC1CC(NC2CC(C)CC(C)C2)C1. The second-order valence-electron chi connectivity index (χ2n) is 6.03. The van der Waals surface area contributed by atoms with Gasteiger partial charge in [-0.2, -0.15) is 0 Å². The van der Waals surface area contributed by atoms with E-state index >= 15 is 0 Å². The number of nitrogens with one attached hydrogen (secondary N) is 1. The fourth-order valence-corrected chi connectivity index (χ4v) is 3.49. The third-order valence-corrected chi connectivity index (χ3v) is 4.15. The van der Waals surface area contributed by atoms with Crippen molar-refractivity contribution >= 4 is 0 Å². The molecule has 2 fully saturated rings. The number of hydrogen-bond acceptors (Lipinski definition) is 2. The molecule has 0 spiro atoms. The molecule has 0 aromatic carbocycles. The lowest BCUT2D eigenvalue weighted by Gasteiger charge is -2.41. The topological polar surface area (TPSA) is 21.3 Å². The average Bonchev–Trinajstić information content (AvgIpc) is 2.13. The summed E-state index contributed by atoms with van der Waals surface area (Å²) in [7, 11) is 0. The van der Waals surface area contributed by atoms with E-state index in [4.69, 9.17) is 4.74 Å². The summed E-state index contributed by atoms with van der Waals surface area (Å²) in [5.74, 6) is 1.81. The Balaban J connectivity index is 1.67. The van der Waals surface area contributed by atoms with Crippen LogP contribution in [0.15, 0.2) is 0 Å². The highest BCUT2D eigenvalue weighted by molar-refractivity contribution is 4.90. The Morgan fingerprint density at radius 1 is 0.938 bits per heavy atom. The van der Waals surface area contributed by atoms with Gasteiger partial charge in [0.2, 0.25) is 0 Å². The lowest BCUT2D eigenvalue weighted by atomic mass is 9.79. The van der Waals surface area contributed by atoms with Gasteiger partial charge in [0.05, 0.1) is 6.10 Å². The van der Waals surface area contributed by atoms with Crippen LogP contribution < -0.4 is 5.32 Å². The van der Waals surface area contributed by atoms with E-state index in [0.29, 0.717) is 6.10 Å². The Hall–Kier alpha value is -0.0800. The molecular formula is C14H27NO. The molecule has 2 nitrogen and oxygen atoms in total. The summed E-state index contributed by atoms with van der Waals surface area (Å²) in [6.45, 7) is 7.75. The first-order chi connectivity index (χ1) is 7.67. The maximum atomic E-state index is 5.60. The van der Waals surface area contributed by atoms with Crippen molar-refractivity contribution in [1.82, 2.24) is 5.32 Å². The number of hydrogen-bond donors (Lipinski definition) is 1. The first-order valence-corrected chi connectivity index (χ1v) is 7.05. The minimum absolute atomic E-state index is 0.543. The molecule has 2 aliphatic rings. The summed E-state index contributed by atoms with van der Waals surface area (Å²) in [5, 5.41) is 3.82. The van der Waals surface area contributed by atoms with E-state index in [1.165, 1.54) is 32.1 Å². The molecule has 2 aliphatic carbocycles. The minimum Gasteiger partial charge on any atom is -0.378 e. The van der Waals surface area contributed by atoms with Gasteiger partial charge in [0, 0.05) is 18.7 Å². The van der Waals surface area contributed by atoms with Gasteiger partial charge in [0.25, 0.3) is 0 Å². The van der Waals surface area contributed by atoms with Crippen molar-refractivity contribution in [3.05, 3.63) is 0 Å². The summed E-state index contributed by atoms with van der Waals surface area (Å²) in [4.78, 5) is 0. The van der Waals surface area contributed by atoms with E-state index in [0.717, 1.165) is 30.5 Å². The third kappa shape index (κ3) is 3.21. The smallest absolute Gasteiger partial charge is 0.0604 e. The van der Waals surface area contributed by atoms with Crippen LogP contribution >= 0.6 is 0 Å². The highest BCUT2D eigenvalue weighted by Gasteiger charge is 2.33. The fraction of sp³-hybridized carbons (Fsp3) is 1.00.